The number of amides is 2. The van der Waals surface area contributed by atoms with Gasteiger partial charge in [-0.3, -0.25) is 9.59 Å². The highest BCUT2D eigenvalue weighted by Gasteiger charge is 2.36. The Morgan fingerprint density at radius 3 is 2.72 bits per heavy atom. The first-order valence-electron chi connectivity index (χ1n) is 9.20. The smallest absolute Gasteiger partial charge is 0.266 e. The first-order chi connectivity index (χ1) is 11.8. The summed E-state index contributed by atoms with van der Waals surface area (Å²) in [5, 5.41) is 5.98. The first kappa shape index (κ1) is 17.8. The van der Waals surface area contributed by atoms with E-state index in [1.807, 2.05) is 12.1 Å². The van der Waals surface area contributed by atoms with E-state index in [0.29, 0.717) is 17.4 Å². The number of para-hydroxylation sites is 2. The lowest BCUT2D eigenvalue weighted by atomic mass is 9.69. The topological polar surface area (TPSA) is 67.4 Å². The van der Waals surface area contributed by atoms with Crippen molar-refractivity contribution in [3.63, 3.8) is 0 Å². The number of rotatable bonds is 3. The molecule has 25 heavy (non-hydrogen) atoms. The third-order valence-corrected chi connectivity index (χ3v) is 5.30. The van der Waals surface area contributed by atoms with Crippen LogP contribution in [0.1, 0.15) is 52.9 Å². The van der Waals surface area contributed by atoms with Crippen molar-refractivity contribution in [2.75, 3.05) is 5.32 Å². The molecule has 2 aliphatic rings. The summed E-state index contributed by atoms with van der Waals surface area (Å²) in [5.74, 6) is 0.711. The van der Waals surface area contributed by atoms with Gasteiger partial charge >= 0.3 is 0 Å². The lowest BCUT2D eigenvalue weighted by Crippen LogP contribution is -2.48. The summed E-state index contributed by atoms with van der Waals surface area (Å²) in [6, 6.07) is 7.46. The minimum Gasteiger partial charge on any atom is -0.478 e. The van der Waals surface area contributed by atoms with Gasteiger partial charge in [-0.2, -0.15) is 0 Å². The van der Waals surface area contributed by atoms with Crippen molar-refractivity contribution < 1.29 is 14.3 Å². The zero-order valence-corrected chi connectivity index (χ0v) is 15.3. The second-order valence-corrected chi connectivity index (χ2v) is 8.23. The van der Waals surface area contributed by atoms with E-state index in [1.165, 1.54) is 6.42 Å². The van der Waals surface area contributed by atoms with Crippen molar-refractivity contribution in [1.82, 2.24) is 5.32 Å². The van der Waals surface area contributed by atoms with Crippen LogP contribution in [-0.4, -0.2) is 24.0 Å². The third-order valence-electron chi connectivity index (χ3n) is 5.30. The maximum atomic E-state index is 12.5. The van der Waals surface area contributed by atoms with Crippen LogP contribution in [0.25, 0.3) is 0 Å². The molecular formula is C20H28N2O3. The third kappa shape index (κ3) is 4.14. The number of hydrogen-bond donors (Lipinski definition) is 2. The van der Waals surface area contributed by atoms with Crippen LogP contribution >= 0.6 is 0 Å². The fraction of sp³-hybridized carbons (Fsp3) is 0.600. The number of benzene rings is 1. The number of carbonyl (C=O) groups is 2. The molecule has 0 saturated heterocycles. The molecule has 0 radical (unpaired) electrons. The molecule has 5 nitrogen and oxygen atoms in total. The van der Waals surface area contributed by atoms with Gasteiger partial charge in [0, 0.05) is 6.04 Å². The first-order valence-corrected chi connectivity index (χ1v) is 9.20. The Morgan fingerprint density at radius 2 is 1.96 bits per heavy atom. The summed E-state index contributed by atoms with van der Waals surface area (Å²) in [6.45, 7) is 6.70. The summed E-state index contributed by atoms with van der Waals surface area (Å²) >= 11 is 0. The second-order valence-electron chi connectivity index (χ2n) is 8.23. The average Bonchev–Trinajstić information content (AvgIpc) is 2.55. The zero-order valence-electron chi connectivity index (χ0n) is 15.3. The van der Waals surface area contributed by atoms with Crippen LogP contribution in [0.2, 0.25) is 0 Å². The van der Waals surface area contributed by atoms with Gasteiger partial charge in [-0.15, -0.1) is 0 Å². The van der Waals surface area contributed by atoms with E-state index >= 15 is 0 Å². The van der Waals surface area contributed by atoms with Gasteiger partial charge in [0.25, 0.3) is 5.91 Å². The van der Waals surface area contributed by atoms with E-state index in [0.717, 1.165) is 19.3 Å². The Balaban J connectivity index is 1.61. The Bertz CT molecular complexity index is 651. The molecule has 1 aliphatic heterocycles. The van der Waals surface area contributed by atoms with Crippen molar-refractivity contribution in [1.29, 1.82) is 0 Å². The number of ether oxygens (including phenoxy) is 1. The Hall–Kier alpha value is -2.04. The molecule has 1 aliphatic carbocycles. The van der Waals surface area contributed by atoms with Crippen molar-refractivity contribution >= 4 is 17.5 Å². The molecule has 3 atom stereocenters. The predicted octanol–water partition coefficient (Wildman–Crippen LogP) is 3.50. The van der Waals surface area contributed by atoms with Gasteiger partial charge in [0.1, 0.15) is 5.75 Å². The van der Waals surface area contributed by atoms with Crippen molar-refractivity contribution in [3.8, 4) is 5.75 Å². The molecule has 0 aromatic heterocycles. The fourth-order valence-corrected chi connectivity index (χ4v) is 4.00. The number of fused-ring (bicyclic) bond motifs is 1. The largest absolute Gasteiger partial charge is 0.478 e. The molecule has 0 unspecified atom stereocenters. The summed E-state index contributed by atoms with van der Waals surface area (Å²) in [5.41, 5.74) is 0.819. The number of nitrogens with one attached hydrogen (secondary N) is 2. The van der Waals surface area contributed by atoms with E-state index in [9.17, 15) is 9.59 Å². The zero-order chi connectivity index (χ0) is 18.0. The van der Waals surface area contributed by atoms with Gasteiger partial charge in [-0.05, 0) is 36.3 Å². The van der Waals surface area contributed by atoms with Crippen molar-refractivity contribution in [2.24, 2.45) is 11.3 Å². The van der Waals surface area contributed by atoms with Gasteiger partial charge in [-0.25, -0.2) is 0 Å². The van der Waals surface area contributed by atoms with Crippen molar-refractivity contribution in [2.45, 2.75) is 65.0 Å². The lowest BCUT2D eigenvalue weighted by Gasteiger charge is -2.41. The molecule has 1 saturated carbocycles. The van der Waals surface area contributed by atoms with E-state index in [4.69, 9.17) is 4.74 Å². The lowest BCUT2D eigenvalue weighted by molar-refractivity contribution is -0.131. The Kier molecular flexibility index (Phi) is 5.02. The molecule has 3 rings (SSSR count). The number of anilines is 1. The monoisotopic (exact) mass is 344 g/mol. The SMILES string of the molecule is CC(C)(C)[C@@H]1CCCC[C@@H]1NC(=O)C[C@H]1Oc2ccccc2NC1=O. The van der Waals surface area contributed by atoms with Crippen LogP contribution in [0.15, 0.2) is 24.3 Å². The summed E-state index contributed by atoms with van der Waals surface area (Å²) in [4.78, 5) is 24.7. The van der Waals surface area contributed by atoms with Crippen LogP contribution in [0, 0.1) is 11.3 Å². The molecule has 2 amide bonds. The molecule has 1 aromatic carbocycles. The highest BCUT2D eigenvalue weighted by Crippen LogP contribution is 2.38. The highest BCUT2D eigenvalue weighted by molar-refractivity contribution is 5.99. The summed E-state index contributed by atoms with van der Waals surface area (Å²) in [7, 11) is 0. The summed E-state index contributed by atoms with van der Waals surface area (Å²) in [6.07, 6.45) is 3.79. The number of hydrogen-bond acceptors (Lipinski definition) is 3. The van der Waals surface area contributed by atoms with Gasteiger partial charge in [-0.1, -0.05) is 45.7 Å². The van der Waals surface area contributed by atoms with E-state index in [2.05, 4.69) is 31.4 Å². The van der Waals surface area contributed by atoms with Gasteiger partial charge < -0.3 is 15.4 Å². The van der Waals surface area contributed by atoms with Crippen LogP contribution in [0.3, 0.4) is 0 Å². The van der Waals surface area contributed by atoms with E-state index in [-0.39, 0.29) is 29.7 Å². The van der Waals surface area contributed by atoms with Crippen LogP contribution in [0.5, 0.6) is 5.75 Å². The van der Waals surface area contributed by atoms with Crippen LogP contribution in [-0.2, 0) is 9.59 Å². The highest BCUT2D eigenvalue weighted by atomic mass is 16.5. The molecule has 0 bridgehead atoms. The molecule has 1 heterocycles. The quantitative estimate of drug-likeness (QED) is 0.882. The Labute approximate surface area is 149 Å². The minimum absolute atomic E-state index is 0.0491. The minimum atomic E-state index is -0.772. The molecule has 5 heteroatoms. The fourth-order valence-electron chi connectivity index (χ4n) is 4.00. The van der Waals surface area contributed by atoms with Crippen LogP contribution < -0.4 is 15.4 Å². The molecule has 2 N–H and O–H groups in total. The van der Waals surface area contributed by atoms with Gasteiger partial charge in [0.2, 0.25) is 5.91 Å². The van der Waals surface area contributed by atoms with E-state index < -0.39 is 6.10 Å². The van der Waals surface area contributed by atoms with E-state index in [1.54, 1.807) is 12.1 Å². The molecule has 1 fully saturated rings. The summed E-state index contributed by atoms with van der Waals surface area (Å²) < 4.78 is 5.73. The molecular weight excluding hydrogens is 316 g/mol. The number of carbonyl (C=O) groups excluding carboxylic acids is 2. The maximum Gasteiger partial charge on any atom is 0.266 e. The second kappa shape index (κ2) is 7.06. The maximum absolute atomic E-state index is 12.5. The average molecular weight is 344 g/mol. The van der Waals surface area contributed by atoms with Crippen LogP contribution in [0.4, 0.5) is 5.69 Å². The standard InChI is InChI=1S/C20H28N2O3/c1-20(2,3)13-8-4-5-9-14(13)21-18(23)12-17-19(24)22-15-10-6-7-11-16(15)25-17/h6-7,10-11,13-14,17H,4-5,8-9,12H2,1-3H3,(H,21,23)(H,22,24)/t13-,14+,17-/m1/s1. The van der Waals surface area contributed by atoms with Gasteiger partial charge in [0.05, 0.1) is 12.1 Å². The normalized spacial score (nSPS) is 26.2. The molecule has 1 aromatic rings. The molecule has 136 valence electrons. The Morgan fingerprint density at radius 1 is 1.24 bits per heavy atom. The predicted molar refractivity (Wildman–Crippen MR) is 97.4 cm³/mol. The van der Waals surface area contributed by atoms with Gasteiger partial charge in [0.15, 0.2) is 6.10 Å². The van der Waals surface area contributed by atoms with Crippen molar-refractivity contribution in [3.05, 3.63) is 24.3 Å². The molecule has 0 spiro atoms.